The van der Waals surface area contributed by atoms with Crippen molar-refractivity contribution in [2.75, 3.05) is 24.7 Å². The lowest BCUT2D eigenvalue weighted by Crippen LogP contribution is -2.24. The van der Waals surface area contributed by atoms with Crippen LogP contribution in [0.3, 0.4) is 0 Å². The van der Waals surface area contributed by atoms with Gasteiger partial charge in [-0.1, -0.05) is 17.4 Å². The van der Waals surface area contributed by atoms with Crippen molar-refractivity contribution in [3.63, 3.8) is 0 Å². The van der Waals surface area contributed by atoms with Crippen LogP contribution in [0.15, 0.2) is 23.1 Å². The Balaban J connectivity index is 2.40. The number of thioether (sulfide) groups is 1. The molecule has 0 saturated heterocycles. The van der Waals surface area contributed by atoms with E-state index >= 15 is 0 Å². The Morgan fingerprint density at radius 1 is 1.59 bits per heavy atom. The highest BCUT2D eigenvalue weighted by molar-refractivity contribution is 7.98. The second-order valence-corrected chi connectivity index (χ2v) is 5.41. The van der Waals surface area contributed by atoms with E-state index in [2.05, 4.69) is 4.98 Å². The lowest BCUT2D eigenvalue weighted by atomic mass is 10.3. The average molecular weight is 268 g/mol. The van der Waals surface area contributed by atoms with Gasteiger partial charge in [0.25, 0.3) is 0 Å². The number of likely N-dealkylation sites (N-methyl/N-ethyl adjacent to an activating group) is 1. The third kappa shape index (κ3) is 2.53. The number of carboxylic acids is 1. The zero-order chi connectivity index (χ0) is 12.4. The maximum absolute atomic E-state index is 10.7. The number of para-hydroxylation sites is 1. The molecular formula is C11H12N2O2S2. The number of anilines is 1. The lowest BCUT2D eigenvalue weighted by molar-refractivity contribution is -0.135. The van der Waals surface area contributed by atoms with Crippen molar-refractivity contribution in [1.29, 1.82) is 0 Å². The van der Waals surface area contributed by atoms with Crippen LogP contribution in [0.5, 0.6) is 0 Å². The first kappa shape index (κ1) is 12.2. The van der Waals surface area contributed by atoms with Gasteiger partial charge in [-0.25, -0.2) is 4.98 Å². The van der Waals surface area contributed by atoms with Crippen LogP contribution in [0.25, 0.3) is 10.2 Å². The topological polar surface area (TPSA) is 53.4 Å². The minimum atomic E-state index is -0.850. The van der Waals surface area contributed by atoms with Gasteiger partial charge in [-0.3, -0.25) is 4.79 Å². The van der Waals surface area contributed by atoms with Gasteiger partial charge in [-0.2, -0.15) is 0 Å². The number of carboxylic acid groups (broad SMARTS) is 1. The first-order valence-corrected chi connectivity index (χ1v) is 7.02. The van der Waals surface area contributed by atoms with E-state index in [0.29, 0.717) is 0 Å². The summed E-state index contributed by atoms with van der Waals surface area (Å²) in [7, 11) is 1.74. The Kier molecular flexibility index (Phi) is 3.54. The smallest absolute Gasteiger partial charge is 0.323 e. The molecule has 90 valence electrons. The summed E-state index contributed by atoms with van der Waals surface area (Å²) < 4.78 is 1.09. The molecule has 0 aliphatic rings. The quantitative estimate of drug-likeness (QED) is 0.864. The van der Waals surface area contributed by atoms with E-state index in [1.54, 1.807) is 23.7 Å². The molecule has 0 bridgehead atoms. The second-order valence-electron chi connectivity index (χ2n) is 3.55. The molecule has 1 aromatic heterocycles. The summed E-state index contributed by atoms with van der Waals surface area (Å²) in [5, 5.41) is 9.49. The number of thiazole rings is 1. The number of nitrogens with zero attached hydrogens (tertiary/aromatic N) is 2. The molecule has 0 unspecified atom stereocenters. The van der Waals surface area contributed by atoms with Gasteiger partial charge >= 0.3 is 5.97 Å². The van der Waals surface area contributed by atoms with E-state index in [-0.39, 0.29) is 6.54 Å². The number of rotatable bonds is 4. The highest BCUT2D eigenvalue weighted by atomic mass is 32.2. The molecule has 0 amide bonds. The van der Waals surface area contributed by atoms with Crippen LogP contribution in [0, 0.1) is 0 Å². The van der Waals surface area contributed by atoms with Crippen LogP contribution in [-0.2, 0) is 4.79 Å². The number of carbonyl (C=O) groups is 1. The molecule has 0 aliphatic heterocycles. The van der Waals surface area contributed by atoms with Gasteiger partial charge in [0.1, 0.15) is 6.54 Å². The predicted molar refractivity (Wildman–Crippen MR) is 72.3 cm³/mol. The summed E-state index contributed by atoms with van der Waals surface area (Å²) in [4.78, 5) is 17.9. The molecule has 0 fully saturated rings. The average Bonchev–Trinajstić information content (AvgIpc) is 2.71. The van der Waals surface area contributed by atoms with Crippen LogP contribution >= 0.6 is 23.1 Å². The van der Waals surface area contributed by atoms with Crippen LogP contribution < -0.4 is 4.90 Å². The maximum atomic E-state index is 10.7. The lowest BCUT2D eigenvalue weighted by Gasteiger charge is -2.11. The molecule has 17 heavy (non-hydrogen) atoms. The van der Waals surface area contributed by atoms with Crippen LogP contribution in [0.1, 0.15) is 0 Å². The van der Waals surface area contributed by atoms with Crippen LogP contribution in [0.4, 0.5) is 5.13 Å². The number of benzene rings is 1. The molecular weight excluding hydrogens is 256 g/mol. The fourth-order valence-corrected chi connectivity index (χ4v) is 3.09. The molecule has 0 spiro atoms. The molecule has 0 aliphatic carbocycles. The largest absolute Gasteiger partial charge is 0.480 e. The van der Waals surface area contributed by atoms with Crippen molar-refractivity contribution in [2.45, 2.75) is 4.90 Å². The monoisotopic (exact) mass is 268 g/mol. The normalized spacial score (nSPS) is 10.7. The van der Waals surface area contributed by atoms with Crippen LogP contribution in [0.2, 0.25) is 0 Å². The molecule has 1 aromatic carbocycles. The van der Waals surface area contributed by atoms with Crippen molar-refractivity contribution in [3.05, 3.63) is 18.2 Å². The molecule has 2 rings (SSSR count). The molecule has 1 heterocycles. The van der Waals surface area contributed by atoms with Crippen molar-refractivity contribution >= 4 is 44.4 Å². The van der Waals surface area contributed by atoms with Gasteiger partial charge in [0.05, 0.1) is 10.2 Å². The van der Waals surface area contributed by atoms with Gasteiger partial charge in [0.2, 0.25) is 0 Å². The SMILES string of the molecule is CSc1cccc2sc(N(C)CC(=O)O)nc12. The fourth-order valence-electron chi connectivity index (χ4n) is 1.51. The Hall–Kier alpha value is -1.27. The minimum absolute atomic E-state index is 0.0333. The van der Waals surface area contributed by atoms with Gasteiger partial charge in [0, 0.05) is 11.9 Å². The Bertz CT molecular complexity index is 553. The number of aliphatic carboxylic acids is 1. The summed E-state index contributed by atoms with van der Waals surface area (Å²) in [6.07, 6.45) is 2.01. The first-order chi connectivity index (χ1) is 8.11. The highest BCUT2D eigenvalue weighted by Gasteiger charge is 2.12. The van der Waals surface area contributed by atoms with Crippen molar-refractivity contribution in [3.8, 4) is 0 Å². The molecule has 0 saturated carbocycles. The Labute approximate surface area is 107 Å². The van der Waals surface area contributed by atoms with Crippen molar-refractivity contribution in [1.82, 2.24) is 4.98 Å². The summed E-state index contributed by atoms with van der Waals surface area (Å²) in [6, 6.07) is 6.02. The molecule has 0 radical (unpaired) electrons. The van der Waals surface area contributed by atoms with E-state index in [4.69, 9.17) is 5.11 Å². The van der Waals surface area contributed by atoms with Crippen LogP contribution in [-0.4, -0.2) is 35.9 Å². The number of fused-ring (bicyclic) bond motifs is 1. The van der Waals surface area contributed by atoms with E-state index in [0.717, 1.165) is 20.2 Å². The van der Waals surface area contributed by atoms with E-state index in [1.807, 2.05) is 24.5 Å². The van der Waals surface area contributed by atoms with E-state index < -0.39 is 5.97 Å². The molecule has 1 N–H and O–H groups in total. The van der Waals surface area contributed by atoms with E-state index in [1.165, 1.54) is 11.3 Å². The molecule has 4 nitrogen and oxygen atoms in total. The van der Waals surface area contributed by atoms with Gasteiger partial charge in [-0.15, -0.1) is 11.8 Å². The molecule has 2 aromatic rings. The van der Waals surface area contributed by atoms with Gasteiger partial charge in [-0.05, 0) is 18.4 Å². The summed E-state index contributed by atoms with van der Waals surface area (Å²) in [5.41, 5.74) is 0.956. The zero-order valence-electron chi connectivity index (χ0n) is 9.51. The third-order valence-corrected chi connectivity index (χ3v) is 4.19. The maximum Gasteiger partial charge on any atom is 0.323 e. The zero-order valence-corrected chi connectivity index (χ0v) is 11.1. The minimum Gasteiger partial charge on any atom is -0.480 e. The summed E-state index contributed by atoms with van der Waals surface area (Å²) in [5.74, 6) is -0.850. The van der Waals surface area contributed by atoms with E-state index in [9.17, 15) is 4.79 Å². The number of aromatic nitrogens is 1. The third-order valence-electron chi connectivity index (χ3n) is 2.29. The van der Waals surface area contributed by atoms with Crippen molar-refractivity contribution in [2.24, 2.45) is 0 Å². The fraction of sp³-hybridized carbons (Fsp3) is 0.273. The highest BCUT2D eigenvalue weighted by Crippen LogP contribution is 2.33. The van der Waals surface area contributed by atoms with Gasteiger partial charge < -0.3 is 10.0 Å². The molecule has 6 heteroatoms. The standard InChI is InChI=1S/C11H12N2O2S2/c1-13(6-9(14)15)11-12-10-7(16-2)4-3-5-8(10)17-11/h3-5H,6H2,1-2H3,(H,14,15). The number of hydrogen-bond donors (Lipinski definition) is 1. The predicted octanol–water partition coefficient (Wildman–Crippen LogP) is 2.54. The second kappa shape index (κ2) is 4.93. The molecule has 0 atom stereocenters. The number of hydrogen-bond acceptors (Lipinski definition) is 5. The Morgan fingerprint density at radius 3 is 3.00 bits per heavy atom. The first-order valence-electron chi connectivity index (χ1n) is 4.98. The Morgan fingerprint density at radius 2 is 2.35 bits per heavy atom. The summed E-state index contributed by atoms with van der Waals surface area (Å²) >= 11 is 3.16. The summed E-state index contributed by atoms with van der Waals surface area (Å²) in [6.45, 7) is -0.0333. The van der Waals surface area contributed by atoms with Crippen molar-refractivity contribution < 1.29 is 9.90 Å². The van der Waals surface area contributed by atoms with Gasteiger partial charge in [0.15, 0.2) is 5.13 Å².